The van der Waals surface area contributed by atoms with Gasteiger partial charge in [-0.25, -0.2) is 0 Å². The van der Waals surface area contributed by atoms with E-state index < -0.39 is 0 Å². The smallest absolute Gasteiger partial charge is 0.0541 e. The molecule has 0 heterocycles. The lowest BCUT2D eigenvalue weighted by Gasteiger charge is -2.30. The second-order valence-corrected chi connectivity index (χ2v) is 5.62. The number of hydrogen-bond donors (Lipinski definition) is 2. The van der Waals surface area contributed by atoms with Crippen molar-refractivity contribution in [1.29, 1.82) is 0 Å². The van der Waals surface area contributed by atoms with Gasteiger partial charge in [-0.05, 0) is 49.8 Å². The van der Waals surface area contributed by atoms with Gasteiger partial charge < -0.3 is 10.4 Å². The SMILES string of the molecule is CCC(NC1CCC(O)CC1)c1cccc(Cl)c1. The third-order valence-corrected chi connectivity index (χ3v) is 4.03. The van der Waals surface area contributed by atoms with Crippen molar-refractivity contribution in [3.05, 3.63) is 34.9 Å². The van der Waals surface area contributed by atoms with Crippen molar-refractivity contribution in [2.45, 2.75) is 57.2 Å². The Hall–Kier alpha value is -0.570. The molecule has 1 saturated carbocycles. The van der Waals surface area contributed by atoms with Crippen molar-refractivity contribution in [2.24, 2.45) is 0 Å². The minimum atomic E-state index is -0.0886. The fourth-order valence-corrected chi connectivity index (χ4v) is 2.90. The number of aliphatic hydroxyl groups is 1. The van der Waals surface area contributed by atoms with Gasteiger partial charge in [0.25, 0.3) is 0 Å². The van der Waals surface area contributed by atoms with Gasteiger partial charge in [-0.2, -0.15) is 0 Å². The number of aliphatic hydroxyl groups excluding tert-OH is 1. The minimum Gasteiger partial charge on any atom is -0.393 e. The zero-order valence-electron chi connectivity index (χ0n) is 10.9. The maximum Gasteiger partial charge on any atom is 0.0541 e. The monoisotopic (exact) mass is 267 g/mol. The highest BCUT2D eigenvalue weighted by atomic mass is 35.5. The van der Waals surface area contributed by atoms with Crippen LogP contribution in [0.15, 0.2) is 24.3 Å². The van der Waals surface area contributed by atoms with Gasteiger partial charge in [0.1, 0.15) is 0 Å². The van der Waals surface area contributed by atoms with Gasteiger partial charge in [0.05, 0.1) is 6.10 Å². The Morgan fingerprint density at radius 2 is 2.06 bits per heavy atom. The minimum absolute atomic E-state index is 0.0886. The highest BCUT2D eigenvalue weighted by Gasteiger charge is 2.21. The number of rotatable bonds is 4. The summed E-state index contributed by atoms with van der Waals surface area (Å²) >= 11 is 6.05. The largest absolute Gasteiger partial charge is 0.393 e. The molecule has 0 saturated heterocycles. The van der Waals surface area contributed by atoms with Gasteiger partial charge in [-0.3, -0.25) is 0 Å². The van der Waals surface area contributed by atoms with Crippen molar-refractivity contribution >= 4 is 11.6 Å². The molecule has 0 bridgehead atoms. The van der Waals surface area contributed by atoms with Crippen LogP contribution in [-0.2, 0) is 0 Å². The Kier molecular flexibility index (Phi) is 5.04. The zero-order valence-corrected chi connectivity index (χ0v) is 11.7. The first-order valence-electron chi connectivity index (χ1n) is 6.88. The molecular weight excluding hydrogens is 246 g/mol. The lowest BCUT2D eigenvalue weighted by Crippen LogP contribution is -2.36. The van der Waals surface area contributed by atoms with E-state index in [4.69, 9.17) is 11.6 Å². The average Bonchev–Trinajstić information content (AvgIpc) is 2.38. The summed E-state index contributed by atoms with van der Waals surface area (Å²) < 4.78 is 0. The van der Waals surface area contributed by atoms with Gasteiger partial charge in [0.15, 0.2) is 0 Å². The van der Waals surface area contributed by atoms with Gasteiger partial charge in [-0.1, -0.05) is 30.7 Å². The van der Waals surface area contributed by atoms with Crippen LogP contribution in [-0.4, -0.2) is 17.3 Å². The van der Waals surface area contributed by atoms with Crippen LogP contribution in [0.2, 0.25) is 5.02 Å². The molecule has 1 unspecified atom stereocenters. The second-order valence-electron chi connectivity index (χ2n) is 5.19. The van der Waals surface area contributed by atoms with Crippen LogP contribution in [0, 0.1) is 0 Å². The lowest BCUT2D eigenvalue weighted by molar-refractivity contribution is 0.114. The molecule has 3 heteroatoms. The van der Waals surface area contributed by atoms with Crippen LogP contribution in [0.4, 0.5) is 0 Å². The molecule has 2 nitrogen and oxygen atoms in total. The summed E-state index contributed by atoms with van der Waals surface area (Å²) in [5.74, 6) is 0. The molecule has 1 atom stereocenters. The molecule has 0 amide bonds. The highest BCUT2D eigenvalue weighted by Crippen LogP contribution is 2.25. The number of nitrogens with one attached hydrogen (secondary N) is 1. The summed E-state index contributed by atoms with van der Waals surface area (Å²) in [4.78, 5) is 0. The van der Waals surface area contributed by atoms with Crippen LogP contribution in [0.1, 0.15) is 50.6 Å². The zero-order chi connectivity index (χ0) is 13.0. The highest BCUT2D eigenvalue weighted by molar-refractivity contribution is 6.30. The Morgan fingerprint density at radius 1 is 1.33 bits per heavy atom. The molecule has 18 heavy (non-hydrogen) atoms. The van der Waals surface area contributed by atoms with Crippen LogP contribution in [0.25, 0.3) is 0 Å². The average molecular weight is 268 g/mol. The molecule has 0 spiro atoms. The van der Waals surface area contributed by atoms with E-state index in [1.165, 1.54) is 5.56 Å². The van der Waals surface area contributed by atoms with Gasteiger partial charge in [0, 0.05) is 17.1 Å². The normalized spacial score (nSPS) is 25.9. The standard InChI is InChI=1S/C15H22ClNO/c1-2-15(11-4-3-5-12(16)10-11)17-13-6-8-14(18)9-7-13/h3-5,10,13-15,17-18H,2,6-9H2,1H3. The number of hydrogen-bond acceptors (Lipinski definition) is 2. The summed E-state index contributed by atoms with van der Waals surface area (Å²) in [7, 11) is 0. The summed E-state index contributed by atoms with van der Waals surface area (Å²) in [6, 6.07) is 8.98. The Labute approximate surface area is 114 Å². The fourth-order valence-electron chi connectivity index (χ4n) is 2.70. The van der Waals surface area contributed by atoms with E-state index in [1.807, 2.05) is 18.2 Å². The lowest BCUT2D eigenvalue weighted by atomic mass is 9.91. The Morgan fingerprint density at radius 3 is 2.67 bits per heavy atom. The van der Waals surface area contributed by atoms with E-state index in [-0.39, 0.29) is 6.10 Å². The molecular formula is C15H22ClNO. The maximum atomic E-state index is 9.53. The first kappa shape index (κ1) is 13.9. The predicted octanol–water partition coefficient (Wildman–Crippen LogP) is 3.68. The van der Waals surface area contributed by atoms with Crippen molar-refractivity contribution in [2.75, 3.05) is 0 Å². The Balaban J connectivity index is 1.97. The third kappa shape index (κ3) is 3.71. The molecule has 2 N–H and O–H groups in total. The van der Waals surface area contributed by atoms with E-state index in [2.05, 4.69) is 18.3 Å². The van der Waals surface area contributed by atoms with Crippen LogP contribution in [0.5, 0.6) is 0 Å². The van der Waals surface area contributed by atoms with Crippen LogP contribution >= 0.6 is 11.6 Å². The van der Waals surface area contributed by atoms with Crippen LogP contribution in [0.3, 0.4) is 0 Å². The van der Waals surface area contributed by atoms with E-state index in [0.717, 1.165) is 37.1 Å². The first-order chi connectivity index (χ1) is 8.69. The summed E-state index contributed by atoms with van der Waals surface area (Å²) in [5, 5.41) is 14.0. The molecule has 1 fully saturated rings. The molecule has 1 aliphatic rings. The topological polar surface area (TPSA) is 32.3 Å². The van der Waals surface area contributed by atoms with Crippen LogP contribution < -0.4 is 5.32 Å². The molecule has 0 aromatic heterocycles. The van der Waals surface area contributed by atoms with Gasteiger partial charge in [-0.15, -0.1) is 0 Å². The maximum absolute atomic E-state index is 9.53. The predicted molar refractivity (Wildman–Crippen MR) is 75.9 cm³/mol. The van der Waals surface area contributed by atoms with Gasteiger partial charge >= 0.3 is 0 Å². The quantitative estimate of drug-likeness (QED) is 0.872. The van der Waals surface area contributed by atoms with Gasteiger partial charge in [0.2, 0.25) is 0 Å². The first-order valence-corrected chi connectivity index (χ1v) is 7.26. The van der Waals surface area contributed by atoms with E-state index >= 15 is 0 Å². The second kappa shape index (κ2) is 6.55. The molecule has 100 valence electrons. The third-order valence-electron chi connectivity index (χ3n) is 3.79. The molecule has 1 aromatic carbocycles. The van der Waals surface area contributed by atoms with Crippen molar-refractivity contribution in [1.82, 2.24) is 5.32 Å². The molecule has 1 aliphatic carbocycles. The summed E-state index contributed by atoms with van der Waals surface area (Å²) in [5.41, 5.74) is 1.26. The molecule has 0 aliphatic heterocycles. The fraction of sp³-hybridized carbons (Fsp3) is 0.600. The molecule has 1 aromatic rings. The van der Waals surface area contributed by atoms with Crippen molar-refractivity contribution < 1.29 is 5.11 Å². The number of halogens is 1. The summed E-state index contributed by atoms with van der Waals surface area (Å²) in [6.45, 7) is 2.19. The summed E-state index contributed by atoms with van der Waals surface area (Å²) in [6.07, 6.45) is 4.94. The molecule has 0 radical (unpaired) electrons. The Bertz CT molecular complexity index is 375. The van der Waals surface area contributed by atoms with E-state index in [9.17, 15) is 5.11 Å². The van der Waals surface area contributed by atoms with E-state index in [1.54, 1.807) is 0 Å². The van der Waals surface area contributed by atoms with Crippen molar-refractivity contribution in [3.63, 3.8) is 0 Å². The number of benzene rings is 1. The van der Waals surface area contributed by atoms with Crippen molar-refractivity contribution in [3.8, 4) is 0 Å². The van der Waals surface area contributed by atoms with E-state index in [0.29, 0.717) is 12.1 Å². The molecule has 2 rings (SSSR count).